The van der Waals surface area contributed by atoms with Gasteiger partial charge in [0.15, 0.2) is 11.6 Å². The number of rotatable bonds is 8. The molecule has 0 fully saturated rings. The number of nitrogens with zero attached hydrogens (tertiary/aromatic N) is 4. The van der Waals surface area contributed by atoms with Gasteiger partial charge in [-0.1, -0.05) is 109 Å². The van der Waals surface area contributed by atoms with Gasteiger partial charge >= 0.3 is 0 Å². The summed E-state index contributed by atoms with van der Waals surface area (Å²) in [6, 6.07) is 82.8. The molecule has 0 saturated carbocycles. The Morgan fingerprint density at radius 1 is 0.250 bits per heavy atom. The first-order chi connectivity index (χ1) is 33.6. The highest BCUT2D eigenvalue weighted by Crippen LogP contribution is 2.43. The molecule has 0 amide bonds. The minimum atomic E-state index is -0.166. The van der Waals surface area contributed by atoms with Crippen LogP contribution < -0.4 is 9.80 Å². The average molecular weight is 873 g/mol. The van der Waals surface area contributed by atoms with Crippen molar-refractivity contribution in [2.24, 2.45) is 0 Å². The van der Waals surface area contributed by atoms with Crippen LogP contribution in [-0.2, 0) is 0 Å². The molecule has 1 aliphatic carbocycles. The zero-order valence-corrected chi connectivity index (χ0v) is 36.7. The molecule has 2 aromatic heterocycles. The van der Waals surface area contributed by atoms with Crippen LogP contribution in [0.4, 0.5) is 34.1 Å². The molecule has 320 valence electrons. The number of aromatic nitrogens is 2. The molecule has 0 bridgehead atoms. The summed E-state index contributed by atoms with van der Waals surface area (Å²) in [5.41, 5.74) is 13.6. The van der Waals surface area contributed by atoms with Gasteiger partial charge in [0.05, 0.1) is 22.1 Å². The summed E-state index contributed by atoms with van der Waals surface area (Å²) in [6.45, 7) is 0. The molecule has 0 spiro atoms. The monoisotopic (exact) mass is 872 g/mol. The lowest BCUT2D eigenvalue weighted by Gasteiger charge is -2.25. The van der Waals surface area contributed by atoms with Crippen LogP contribution in [0.25, 0.3) is 55.0 Å². The first-order valence-corrected chi connectivity index (χ1v) is 22.8. The standard InChI is InChI=1S/C62H40N4O2/c67-61-52-34-30-48(66-58-28-16-14-26-50(58)54-38-46(32-36-60(54)66)64(43-21-9-3-10-22-43)44-23-11-4-12-24-44)40-56(52)62(68)51-33-29-47(39-55(51)61)65-57-27-15-13-25-49(57)53-37-45(31-35-59(53)65)63(41-17-5-1-6-18-41)42-19-7-2-8-20-42/h1-40H. The number of ketones is 2. The van der Waals surface area contributed by atoms with E-state index in [-0.39, 0.29) is 11.6 Å². The summed E-state index contributed by atoms with van der Waals surface area (Å²) in [6.07, 6.45) is 0. The molecule has 10 aromatic carbocycles. The van der Waals surface area contributed by atoms with Crippen molar-refractivity contribution in [3.63, 3.8) is 0 Å². The van der Waals surface area contributed by atoms with Crippen molar-refractivity contribution in [1.82, 2.24) is 9.13 Å². The molecule has 13 rings (SSSR count). The van der Waals surface area contributed by atoms with Crippen molar-refractivity contribution >= 4 is 89.3 Å². The fourth-order valence-corrected chi connectivity index (χ4v) is 10.4. The average Bonchev–Trinajstić information content (AvgIpc) is 3.91. The maximum absolute atomic E-state index is 14.7. The van der Waals surface area contributed by atoms with E-state index in [1.54, 1.807) is 0 Å². The lowest BCUT2D eigenvalue weighted by molar-refractivity contribution is 0.0979. The Balaban J connectivity index is 0.893. The molecular weight excluding hydrogens is 833 g/mol. The van der Waals surface area contributed by atoms with E-state index in [9.17, 15) is 9.59 Å². The van der Waals surface area contributed by atoms with Gasteiger partial charge in [0.25, 0.3) is 0 Å². The van der Waals surface area contributed by atoms with Crippen molar-refractivity contribution in [2.75, 3.05) is 9.80 Å². The zero-order chi connectivity index (χ0) is 45.3. The second-order valence-corrected chi connectivity index (χ2v) is 17.2. The Morgan fingerprint density at radius 3 is 0.941 bits per heavy atom. The smallest absolute Gasteiger partial charge is 0.194 e. The second kappa shape index (κ2) is 15.7. The molecule has 0 atom stereocenters. The minimum Gasteiger partial charge on any atom is -0.310 e. The summed E-state index contributed by atoms with van der Waals surface area (Å²) in [4.78, 5) is 33.9. The molecule has 12 aromatic rings. The quantitative estimate of drug-likeness (QED) is 0.153. The molecule has 0 N–H and O–H groups in total. The number of hydrogen-bond donors (Lipinski definition) is 0. The van der Waals surface area contributed by atoms with Crippen molar-refractivity contribution in [3.8, 4) is 11.4 Å². The predicted molar refractivity (Wildman–Crippen MR) is 278 cm³/mol. The van der Waals surface area contributed by atoms with Crippen LogP contribution >= 0.6 is 0 Å². The van der Waals surface area contributed by atoms with E-state index in [2.05, 4.69) is 189 Å². The molecule has 0 aliphatic heterocycles. The van der Waals surface area contributed by atoms with Crippen LogP contribution in [-0.4, -0.2) is 20.7 Å². The maximum Gasteiger partial charge on any atom is 0.194 e. The lowest BCUT2D eigenvalue weighted by Crippen LogP contribution is -2.21. The SMILES string of the molecule is O=C1c2ccc(-n3c4ccccc4c4cc(N(c5ccccc5)c5ccccc5)ccc43)cc2C(=O)c2ccc(-n3c4ccccc4c4cc(N(c5ccccc5)c5ccccc5)ccc43)cc21. The minimum absolute atomic E-state index is 0.166. The van der Waals surface area contributed by atoms with Crippen molar-refractivity contribution in [2.45, 2.75) is 0 Å². The Bertz CT molecular complexity index is 3610. The van der Waals surface area contributed by atoms with E-state index in [4.69, 9.17) is 0 Å². The van der Waals surface area contributed by atoms with Gasteiger partial charge < -0.3 is 18.9 Å². The predicted octanol–water partition coefficient (Wildman–Crippen LogP) is 15.6. The third kappa shape index (κ3) is 6.19. The highest BCUT2D eigenvalue weighted by Gasteiger charge is 2.31. The molecule has 1 aliphatic rings. The highest BCUT2D eigenvalue weighted by atomic mass is 16.1. The Hall–Kier alpha value is -9.26. The number of carbonyl (C=O) groups excluding carboxylic acids is 2. The zero-order valence-electron chi connectivity index (χ0n) is 36.7. The summed E-state index contributed by atoms with van der Waals surface area (Å²) < 4.78 is 4.40. The largest absolute Gasteiger partial charge is 0.310 e. The van der Waals surface area contributed by atoms with Crippen LogP contribution in [0.5, 0.6) is 0 Å². The number of fused-ring (bicyclic) bond motifs is 8. The third-order valence-electron chi connectivity index (χ3n) is 13.4. The Morgan fingerprint density at radius 2 is 0.574 bits per heavy atom. The normalized spacial score (nSPS) is 12.2. The van der Waals surface area contributed by atoms with E-state index in [1.807, 2.05) is 72.8 Å². The van der Waals surface area contributed by atoms with E-state index in [0.29, 0.717) is 22.3 Å². The Labute approximate surface area is 392 Å². The number of benzene rings is 10. The highest BCUT2D eigenvalue weighted by molar-refractivity contribution is 6.29. The molecule has 0 saturated heterocycles. The van der Waals surface area contributed by atoms with Crippen molar-refractivity contribution in [1.29, 1.82) is 0 Å². The van der Waals surface area contributed by atoms with Crippen LogP contribution in [0, 0.1) is 0 Å². The topological polar surface area (TPSA) is 50.5 Å². The third-order valence-corrected chi connectivity index (χ3v) is 13.4. The molecule has 0 unspecified atom stereocenters. The second-order valence-electron chi connectivity index (χ2n) is 17.2. The molecule has 2 heterocycles. The van der Waals surface area contributed by atoms with Gasteiger partial charge in [-0.05, 0) is 133 Å². The molecule has 0 radical (unpaired) electrons. The number of anilines is 6. The first-order valence-electron chi connectivity index (χ1n) is 22.8. The van der Waals surface area contributed by atoms with Crippen LogP contribution in [0.3, 0.4) is 0 Å². The number of carbonyl (C=O) groups is 2. The van der Waals surface area contributed by atoms with E-state index >= 15 is 0 Å². The van der Waals surface area contributed by atoms with Gasteiger partial charge in [0, 0.05) is 89.3 Å². The van der Waals surface area contributed by atoms with Gasteiger partial charge in [-0.25, -0.2) is 0 Å². The van der Waals surface area contributed by atoms with Crippen molar-refractivity contribution < 1.29 is 9.59 Å². The van der Waals surface area contributed by atoms with Crippen LogP contribution in [0.2, 0.25) is 0 Å². The van der Waals surface area contributed by atoms with E-state index in [0.717, 1.165) is 89.1 Å². The molecular formula is C62H40N4O2. The van der Waals surface area contributed by atoms with Crippen molar-refractivity contribution in [3.05, 3.63) is 265 Å². The van der Waals surface area contributed by atoms with Crippen LogP contribution in [0.15, 0.2) is 243 Å². The fourth-order valence-electron chi connectivity index (χ4n) is 10.4. The van der Waals surface area contributed by atoms with Gasteiger partial charge in [-0.2, -0.15) is 0 Å². The summed E-state index contributed by atoms with van der Waals surface area (Å²) in [5, 5.41) is 4.35. The lowest BCUT2D eigenvalue weighted by atomic mass is 9.83. The fraction of sp³-hybridized carbons (Fsp3) is 0. The summed E-state index contributed by atoms with van der Waals surface area (Å²) in [7, 11) is 0. The number of hydrogen-bond acceptors (Lipinski definition) is 4. The van der Waals surface area contributed by atoms with Gasteiger partial charge in [-0.3, -0.25) is 9.59 Å². The van der Waals surface area contributed by atoms with E-state index < -0.39 is 0 Å². The first kappa shape index (κ1) is 39.1. The number of para-hydroxylation sites is 6. The van der Waals surface area contributed by atoms with Gasteiger partial charge in [0.2, 0.25) is 0 Å². The summed E-state index contributed by atoms with van der Waals surface area (Å²) in [5.74, 6) is -0.331. The van der Waals surface area contributed by atoms with Gasteiger partial charge in [-0.15, -0.1) is 0 Å². The maximum atomic E-state index is 14.7. The Kier molecular flexibility index (Phi) is 9.05. The molecule has 68 heavy (non-hydrogen) atoms. The molecule has 6 heteroatoms. The molecule has 6 nitrogen and oxygen atoms in total. The van der Waals surface area contributed by atoms with Crippen LogP contribution in [0.1, 0.15) is 31.8 Å². The van der Waals surface area contributed by atoms with E-state index in [1.165, 1.54) is 0 Å². The summed E-state index contributed by atoms with van der Waals surface area (Å²) >= 11 is 0. The van der Waals surface area contributed by atoms with Gasteiger partial charge in [0.1, 0.15) is 0 Å².